The fraction of sp³-hybridized carbons (Fsp3) is 0.333. The third kappa shape index (κ3) is 3.00. The second-order valence-electron chi connectivity index (χ2n) is 6.15. The van der Waals surface area contributed by atoms with Crippen molar-refractivity contribution in [3.63, 3.8) is 0 Å². The third-order valence-corrected chi connectivity index (χ3v) is 7.87. The number of nitriles is 1. The Kier molecular flexibility index (Phi) is 4.69. The van der Waals surface area contributed by atoms with Crippen LogP contribution in [0.15, 0.2) is 11.4 Å². The number of amides is 1. The number of nitrogens with one attached hydrogen (secondary N) is 1. The molecule has 4 rings (SSSR count). The van der Waals surface area contributed by atoms with E-state index in [2.05, 4.69) is 35.2 Å². The molecule has 132 valence electrons. The molecule has 1 aliphatic carbocycles. The van der Waals surface area contributed by atoms with Gasteiger partial charge in [-0.3, -0.25) is 4.79 Å². The Hall–Kier alpha value is -1.95. The summed E-state index contributed by atoms with van der Waals surface area (Å²) in [6, 6.07) is 2.26. The van der Waals surface area contributed by atoms with Gasteiger partial charge in [0.1, 0.15) is 27.3 Å². The van der Waals surface area contributed by atoms with Crippen molar-refractivity contribution < 1.29 is 4.79 Å². The highest BCUT2D eigenvalue weighted by atomic mass is 32.2. The lowest BCUT2D eigenvalue weighted by atomic mass is 10.1. The molecule has 8 heteroatoms. The number of thioether (sulfide) groups is 1. The smallest absolute Gasteiger partial charge is 0.235 e. The van der Waals surface area contributed by atoms with Crippen LogP contribution in [0.4, 0.5) is 5.00 Å². The second kappa shape index (κ2) is 6.99. The fourth-order valence-electron chi connectivity index (χ4n) is 3.17. The van der Waals surface area contributed by atoms with Gasteiger partial charge in [0.05, 0.1) is 11.3 Å². The first-order valence-electron chi connectivity index (χ1n) is 8.26. The molecule has 0 aliphatic heterocycles. The van der Waals surface area contributed by atoms with Crippen LogP contribution in [0.3, 0.4) is 0 Å². The number of hydrogen-bond acceptors (Lipinski definition) is 7. The molecule has 0 atom stereocenters. The number of thiophene rings is 2. The molecule has 0 unspecified atom stereocenters. The third-order valence-electron chi connectivity index (χ3n) is 4.56. The Bertz CT molecular complexity index is 1060. The Morgan fingerprint density at radius 3 is 3.00 bits per heavy atom. The number of hydrogen-bond donors (Lipinski definition) is 1. The molecule has 1 amide bonds. The monoisotopic (exact) mass is 400 g/mol. The number of aryl methyl sites for hydroxylation is 3. The lowest BCUT2D eigenvalue weighted by Crippen LogP contribution is -2.14. The van der Waals surface area contributed by atoms with Gasteiger partial charge in [0, 0.05) is 15.1 Å². The molecule has 0 bridgehead atoms. The largest absolute Gasteiger partial charge is 0.316 e. The van der Waals surface area contributed by atoms with Crippen molar-refractivity contribution >= 4 is 55.6 Å². The van der Waals surface area contributed by atoms with E-state index in [1.54, 1.807) is 29.0 Å². The first kappa shape index (κ1) is 17.5. The zero-order chi connectivity index (χ0) is 18.3. The molecule has 0 radical (unpaired) electrons. The Labute approximate surface area is 163 Å². The van der Waals surface area contributed by atoms with Crippen LogP contribution >= 0.6 is 34.4 Å². The summed E-state index contributed by atoms with van der Waals surface area (Å²) in [5, 5.41) is 14.9. The summed E-state index contributed by atoms with van der Waals surface area (Å²) in [7, 11) is 0. The summed E-state index contributed by atoms with van der Waals surface area (Å²) >= 11 is 4.61. The van der Waals surface area contributed by atoms with Crippen LogP contribution in [0.1, 0.15) is 32.9 Å². The predicted octanol–water partition coefficient (Wildman–Crippen LogP) is 4.46. The van der Waals surface area contributed by atoms with Gasteiger partial charge in [0.25, 0.3) is 0 Å². The maximum absolute atomic E-state index is 12.4. The van der Waals surface area contributed by atoms with Crippen molar-refractivity contribution in [2.24, 2.45) is 0 Å². The summed E-state index contributed by atoms with van der Waals surface area (Å²) in [4.78, 5) is 24.5. The minimum atomic E-state index is -0.109. The standard InChI is InChI=1S/C18H16N4OS3/c1-9-10(2)25-18-15(9)17(20-8-21-18)24-7-14(23)22-16-12(6-19)11-4-3-5-13(11)26-16/h8H,3-5,7H2,1-2H3,(H,22,23). The van der Waals surface area contributed by atoms with Crippen molar-refractivity contribution in [1.29, 1.82) is 5.26 Å². The summed E-state index contributed by atoms with van der Waals surface area (Å²) in [5.74, 6) is 0.149. The topological polar surface area (TPSA) is 78.7 Å². The molecule has 0 saturated carbocycles. The minimum absolute atomic E-state index is 0.109. The highest BCUT2D eigenvalue weighted by molar-refractivity contribution is 8.00. The number of carbonyl (C=O) groups excluding carboxylic acids is 1. The molecule has 0 spiro atoms. The molecule has 3 aromatic heterocycles. The van der Waals surface area contributed by atoms with Crippen LogP contribution in [0.5, 0.6) is 0 Å². The van der Waals surface area contributed by atoms with Gasteiger partial charge in [-0.1, -0.05) is 11.8 Å². The number of nitrogens with zero attached hydrogens (tertiary/aromatic N) is 3. The average Bonchev–Trinajstić information content (AvgIpc) is 3.27. The van der Waals surface area contributed by atoms with Crippen LogP contribution in [-0.2, 0) is 17.6 Å². The molecule has 26 heavy (non-hydrogen) atoms. The van der Waals surface area contributed by atoms with E-state index in [9.17, 15) is 10.1 Å². The van der Waals surface area contributed by atoms with E-state index in [-0.39, 0.29) is 11.7 Å². The van der Waals surface area contributed by atoms with Crippen LogP contribution in [-0.4, -0.2) is 21.6 Å². The number of carbonyl (C=O) groups is 1. The van der Waals surface area contributed by atoms with Gasteiger partial charge < -0.3 is 5.32 Å². The van der Waals surface area contributed by atoms with Gasteiger partial charge >= 0.3 is 0 Å². The number of anilines is 1. The molecular weight excluding hydrogens is 384 g/mol. The molecule has 1 aliphatic rings. The Morgan fingerprint density at radius 1 is 1.35 bits per heavy atom. The fourth-order valence-corrected chi connectivity index (χ4v) is 6.34. The van der Waals surface area contributed by atoms with Crippen molar-refractivity contribution in [3.05, 3.63) is 32.8 Å². The maximum Gasteiger partial charge on any atom is 0.235 e. The van der Waals surface area contributed by atoms with Crippen LogP contribution in [0, 0.1) is 25.2 Å². The predicted molar refractivity (Wildman–Crippen MR) is 107 cm³/mol. The van der Waals surface area contributed by atoms with Gasteiger partial charge in [0.2, 0.25) is 5.91 Å². The molecule has 0 aromatic carbocycles. The molecule has 0 fully saturated rings. The summed E-state index contributed by atoms with van der Waals surface area (Å²) in [6.45, 7) is 4.14. The summed E-state index contributed by atoms with van der Waals surface area (Å²) < 4.78 is 0. The lowest BCUT2D eigenvalue weighted by molar-refractivity contribution is -0.113. The molecule has 3 heterocycles. The first-order valence-corrected chi connectivity index (χ1v) is 10.9. The molecule has 3 aromatic rings. The van der Waals surface area contributed by atoms with Crippen LogP contribution < -0.4 is 5.32 Å². The first-order chi connectivity index (χ1) is 12.6. The highest BCUT2D eigenvalue weighted by Gasteiger charge is 2.23. The lowest BCUT2D eigenvalue weighted by Gasteiger charge is -2.05. The maximum atomic E-state index is 12.4. The van der Waals surface area contributed by atoms with Crippen molar-refractivity contribution in [1.82, 2.24) is 9.97 Å². The average molecular weight is 401 g/mol. The quantitative estimate of drug-likeness (QED) is 0.517. The Morgan fingerprint density at radius 2 is 2.19 bits per heavy atom. The van der Waals surface area contributed by atoms with E-state index in [1.807, 2.05) is 0 Å². The van der Waals surface area contributed by atoms with Gasteiger partial charge in [-0.2, -0.15) is 5.26 Å². The summed E-state index contributed by atoms with van der Waals surface area (Å²) in [5.41, 5.74) is 2.95. The van der Waals surface area contributed by atoms with Crippen molar-refractivity contribution in [2.45, 2.75) is 38.1 Å². The van der Waals surface area contributed by atoms with Gasteiger partial charge in [0.15, 0.2) is 0 Å². The van der Waals surface area contributed by atoms with Crippen molar-refractivity contribution in [2.75, 3.05) is 11.1 Å². The van der Waals surface area contributed by atoms with E-state index in [0.717, 1.165) is 40.1 Å². The van der Waals surface area contributed by atoms with Gasteiger partial charge in [-0.25, -0.2) is 9.97 Å². The summed E-state index contributed by atoms with van der Waals surface area (Å²) in [6.07, 6.45) is 4.60. The van der Waals surface area contributed by atoms with E-state index in [4.69, 9.17) is 0 Å². The Balaban J connectivity index is 1.50. The van der Waals surface area contributed by atoms with E-state index >= 15 is 0 Å². The van der Waals surface area contributed by atoms with Crippen LogP contribution in [0.25, 0.3) is 10.2 Å². The molecule has 5 nitrogen and oxygen atoms in total. The molecule has 0 saturated heterocycles. The minimum Gasteiger partial charge on any atom is -0.316 e. The zero-order valence-corrected chi connectivity index (χ0v) is 16.8. The second-order valence-corrected chi connectivity index (χ2v) is 9.42. The SMILES string of the molecule is Cc1sc2ncnc(SCC(=O)Nc3sc4c(c3C#N)CCC4)c2c1C. The van der Waals surface area contributed by atoms with Gasteiger partial charge in [-0.15, -0.1) is 22.7 Å². The van der Waals surface area contributed by atoms with E-state index < -0.39 is 0 Å². The molecule has 1 N–H and O–H groups in total. The van der Waals surface area contributed by atoms with Crippen molar-refractivity contribution in [3.8, 4) is 6.07 Å². The van der Waals surface area contributed by atoms with Crippen LogP contribution in [0.2, 0.25) is 0 Å². The highest BCUT2D eigenvalue weighted by Crippen LogP contribution is 2.39. The normalized spacial score (nSPS) is 13.0. The number of fused-ring (bicyclic) bond motifs is 2. The number of rotatable bonds is 4. The van der Waals surface area contributed by atoms with Gasteiger partial charge in [-0.05, 0) is 44.2 Å². The number of aromatic nitrogens is 2. The van der Waals surface area contributed by atoms with E-state index in [1.165, 1.54) is 27.1 Å². The molecular formula is C18H16N4OS3. The zero-order valence-electron chi connectivity index (χ0n) is 14.4. The van der Waals surface area contributed by atoms with E-state index in [0.29, 0.717) is 10.6 Å².